The maximum absolute atomic E-state index is 13.1. The van der Waals surface area contributed by atoms with Crippen molar-refractivity contribution >= 4 is 0 Å². The van der Waals surface area contributed by atoms with Crippen molar-refractivity contribution < 1.29 is 13.3 Å². The third-order valence-corrected chi connectivity index (χ3v) is 3.66. The van der Waals surface area contributed by atoms with Crippen molar-refractivity contribution in [2.24, 2.45) is 5.73 Å². The van der Waals surface area contributed by atoms with Crippen LogP contribution in [0.25, 0.3) is 0 Å². The quantitative estimate of drug-likeness (QED) is 0.824. The lowest BCUT2D eigenvalue weighted by Crippen LogP contribution is -2.14. The van der Waals surface area contributed by atoms with E-state index in [0.29, 0.717) is 18.1 Å². The Hall–Kier alpha value is -1.30. The molecule has 3 rings (SSSR count). The molecular weight excluding hydrogens is 240 g/mol. The standard InChI is InChI=1S/C12H15F2N3O/c13-12(14)4-3-8(6-12)10-16-11(18-17-10)7-1-2-9(15)5-7/h1-2,7-9H,3-6,15H2. The number of nitrogens with zero attached hydrogens (tertiary/aromatic N) is 2. The van der Waals surface area contributed by atoms with Crippen LogP contribution in [0.1, 0.15) is 49.2 Å². The fourth-order valence-electron chi connectivity index (χ4n) is 2.64. The van der Waals surface area contributed by atoms with Crippen molar-refractivity contribution in [2.45, 2.75) is 49.5 Å². The van der Waals surface area contributed by atoms with Gasteiger partial charge in [0.25, 0.3) is 0 Å². The molecule has 0 radical (unpaired) electrons. The van der Waals surface area contributed by atoms with Gasteiger partial charge in [-0.25, -0.2) is 8.78 Å². The molecule has 2 aliphatic carbocycles. The molecule has 0 saturated heterocycles. The average Bonchev–Trinajstić information content (AvgIpc) is 2.96. The Labute approximate surface area is 103 Å². The second kappa shape index (κ2) is 4.12. The lowest BCUT2D eigenvalue weighted by atomic mass is 10.1. The van der Waals surface area contributed by atoms with Gasteiger partial charge in [0, 0.05) is 24.8 Å². The van der Waals surface area contributed by atoms with Crippen LogP contribution in [0.15, 0.2) is 16.7 Å². The van der Waals surface area contributed by atoms with Crippen molar-refractivity contribution in [3.05, 3.63) is 23.9 Å². The number of aromatic nitrogens is 2. The van der Waals surface area contributed by atoms with Gasteiger partial charge in [-0.2, -0.15) is 4.98 Å². The number of alkyl halides is 2. The molecule has 1 saturated carbocycles. The summed E-state index contributed by atoms with van der Waals surface area (Å²) in [6, 6.07) is 0.0150. The lowest BCUT2D eigenvalue weighted by molar-refractivity contribution is 0.00750. The monoisotopic (exact) mass is 255 g/mol. The number of allylic oxidation sites excluding steroid dienone is 1. The number of hydrogen-bond donors (Lipinski definition) is 1. The van der Waals surface area contributed by atoms with E-state index in [4.69, 9.17) is 10.3 Å². The topological polar surface area (TPSA) is 64.9 Å². The normalized spacial score (nSPS) is 34.3. The van der Waals surface area contributed by atoms with Gasteiger partial charge in [0.05, 0.1) is 5.92 Å². The largest absolute Gasteiger partial charge is 0.339 e. The lowest BCUT2D eigenvalue weighted by Gasteiger charge is -2.06. The van der Waals surface area contributed by atoms with E-state index in [1.54, 1.807) is 0 Å². The highest BCUT2D eigenvalue weighted by atomic mass is 19.3. The summed E-state index contributed by atoms with van der Waals surface area (Å²) < 4.78 is 31.4. The maximum Gasteiger partial charge on any atom is 0.248 e. The van der Waals surface area contributed by atoms with E-state index < -0.39 is 5.92 Å². The number of rotatable bonds is 2. The molecule has 0 aliphatic heterocycles. The Kier molecular flexibility index (Phi) is 2.69. The second-order valence-electron chi connectivity index (χ2n) is 5.18. The summed E-state index contributed by atoms with van der Waals surface area (Å²) in [5.74, 6) is -1.93. The predicted molar refractivity (Wildman–Crippen MR) is 60.3 cm³/mol. The van der Waals surface area contributed by atoms with Gasteiger partial charge in [0.15, 0.2) is 5.82 Å². The van der Waals surface area contributed by atoms with Crippen LogP contribution in [-0.4, -0.2) is 22.1 Å². The first kappa shape index (κ1) is 11.8. The van der Waals surface area contributed by atoms with Gasteiger partial charge in [-0.1, -0.05) is 17.3 Å². The van der Waals surface area contributed by atoms with Crippen molar-refractivity contribution in [3.63, 3.8) is 0 Å². The first-order valence-electron chi connectivity index (χ1n) is 6.19. The zero-order chi connectivity index (χ0) is 12.8. The van der Waals surface area contributed by atoms with Crippen LogP contribution < -0.4 is 5.73 Å². The fraction of sp³-hybridized carbons (Fsp3) is 0.667. The average molecular weight is 255 g/mol. The summed E-state index contributed by atoms with van der Waals surface area (Å²) in [6.07, 6.45) is 4.74. The molecule has 0 bridgehead atoms. The molecule has 0 aromatic carbocycles. The van der Waals surface area contributed by atoms with E-state index in [9.17, 15) is 8.78 Å². The fourth-order valence-corrected chi connectivity index (χ4v) is 2.64. The highest BCUT2D eigenvalue weighted by molar-refractivity contribution is 5.16. The molecule has 4 nitrogen and oxygen atoms in total. The van der Waals surface area contributed by atoms with Crippen LogP contribution in [0.2, 0.25) is 0 Å². The Balaban J connectivity index is 1.72. The molecular formula is C12H15F2N3O. The van der Waals surface area contributed by atoms with E-state index in [1.165, 1.54) is 0 Å². The van der Waals surface area contributed by atoms with E-state index in [0.717, 1.165) is 6.42 Å². The van der Waals surface area contributed by atoms with E-state index in [2.05, 4.69) is 10.1 Å². The van der Waals surface area contributed by atoms with Crippen molar-refractivity contribution in [2.75, 3.05) is 0 Å². The highest BCUT2D eigenvalue weighted by Crippen LogP contribution is 2.43. The third-order valence-electron chi connectivity index (χ3n) is 3.66. The molecule has 0 amide bonds. The van der Waals surface area contributed by atoms with Gasteiger partial charge in [-0.15, -0.1) is 0 Å². The molecule has 3 atom stereocenters. The number of hydrogen-bond acceptors (Lipinski definition) is 4. The highest BCUT2D eigenvalue weighted by Gasteiger charge is 2.42. The zero-order valence-electron chi connectivity index (χ0n) is 9.85. The van der Waals surface area contributed by atoms with Gasteiger partial charge < -0.3 is 10.3 Å². The molecule has 2 aliphatic rings. The summed E-state index contributed by atoms with van der Waals surface area (Å²) in [7, 11) is 0. The van der Waals surface area contributed by atoms with Crippen LogP contribution in [0.3, 0.4) is 0 Å². The van der Waals surface area contributed by atoms with E-state index in [1.807, 2.05) is 12.2 Å². The molecule has 1 aromatic heterocycles. The molecule has 0 spiro atoms. The summed E-state index contributed by atoms with van der Waals surface area (Å²) in [5.41, 5.74) is 5.75. The number of nitrogens with two attached hydrogens (primary N) is 1. The number of halogens is 2. The molecule has 1 aromatic rings. The van der Waals surface area contributed by atoms with Crippen LogP contribution in [0, 0.1) is 0 Å². The first-order chi connectivity index (χ1) is 8.53. The van der Waals surface area contributed by atoms with Crippen LogP contribution in [0.5, 0.6) is 0 Å². The van der Waals surface area contributed by atoms with Gasteiger partial charge in [0.1, 0.15) is 0 Å². The predicted octanol–water partition coefficient (Wildman–Crippen LogP) is 2.34. The molecule has 2 N–H and O–H groups in total. The second-order valence-corrected chi connectivity index (χ2v) is 5.18. The minimum atomic E-state index is -2.58. The van der Waals surface area contributed by atoms with Crippen molar-refractivity contribution in [3.8, 4) is 0 Å². The van der Waals surface area contributed by atoms with Crippen LogP contribution in [-0.2, 0) is 0 Å². The summed E-state index contributed by atoms with van der Waals surface area (Å²) in [6.45, 7) is 0. The summed E-state index contributed by atoms with van der Waals surface area (Å²) in [5, 5.41) is 3.84. The molecule has 6 heteroatoms. The van der Waals surface area contributed by atoms with Crippen molar-refractivity contribution in [1.82, 2.24) is 10.1 Å². The SMILES string of the molecule is NC1C=CC(c2nc(C3CCC(F)(F)C3)no2)C1. The molecule has 18 heavy (non-hydrogen) atoms. The smallest absolute Gasteiger partial charge is 0.248 e. The first-order valence-corrected chi connectivity index (χ1v) is 6.19. The molecule has 1 heterocycles. The van der Waals surface area contributed by atoms with E-state index >= 15 is 0 Å². The van der Waals surface area contributed by atoms with Gasteiger partial charge in [-0.05, 0) is 12.8 Å². The van der Waals surface area contributed by atoms with Crippen LogP contribution >= 0.6 is 0 Å². The Morgan fingerprint density at radius 2 is 2.22 bits per heavy atom. The minimum Gasteiger partial charge on any atom is -0.339 e. The minimum absolute atomic E-state index is 0.0150. The van der Waals surface area contributed by atoms with Crippen molar-refractivity contribution in [1.29, 1.82) is 0 Å². The molecule has 98 valence electrons. The Morgan fingerprint density at radius 3 is 2.83 bits per heavy atom. The van der Waals surface area contributed by atoms with Crippen LogP contribution in [0.4, 0.5) is 8.78 Å². The maximum atomic E-state index is 13.1. The Bertz CT molecular complexity index is 472. The van der Waals surface area contributed by atoms with Gasteiger partial charge in [-0.3, -0.25) is 0 Å². The van der Waals surface area contributed by atoms with Gasteiger partial charge in [0.2, 0.25) is 11.8 Å². The molecule has 1 fully saturated rings. The summed E-state index contributed by atoms with van der Waals surface area (Å²) >= 11 is 0. The third kappa shape index (κ3) is 2.16. The van der Waals surface area contributed by atoms with Gasteiger partial charge >= 0.3 is 0 Å². The Morgan fingerprint density at radius 1 is 1.39 bits per heavy atom. The zero-order valence-corrected chi connectivity index (χ0v) is 9.85. The summed E-state index contributed by atoms with van der Waals surface area (Å²) in [4.78, 5) is 4.26. The van der Waals surface area contributed by atoms with E-state index in [-0.39, 0.29) is 30.7 Å². The molecule has 3 unspecified atom stereocenters.